The fourth-order valence-corrected chi connectivity index (χ4v) is 4.74. The first kappa shape index (κ1) is 21.1. The van der Waals surface area contributed by atoms with E-state index in [9.17, 15) is 5.11 Å². The summed E-state index contributed by atoms with van der Waals surface area (Å²) in [5.74, 6) is 0.939. The molecule has 1 aliphatic heterocycles. The molecule has 4 rings (SSSR count). The number of aromatic nitrogens is 4. The van der Waals surface area contributed by atoms with Gasteiger partial charge in [0.1, 0.15) is 5.75 Å². The smallest absolute Gasteiger partial charge is 0.151 e. The molecule has 0 amide bonds. The SMILES string of the molecule is CN(c1ccc(-c2ccc(-n3cc(N)cn3)cc2O)nn1)C1CC(C)(C)NC(C)(C)C1. The van der Waals surface area contributed by atoms with Crippen LogP contribution < -0.4 is 16.0 Å². The number of hydrogen-bond donors (Lipinski definition) is 3. The maximum absolute atomic E-state index is 10.6. The summed E-state index contributed by atoms with van der Waals surface area (Å²) >= 11 is 0. The highest BCUT2D eigenvalue weighted by molar-refractivity contribution is 5.69. The van der Waals surface area contributed by atoms with Crippen molar-refractivity contribution in [2.24, 2.45) is 0 Å². The lowest BCUT2D eigenvalue weighted by molar-refractivity contribution is 0.160. The van der Waals surface area contributed by atoms with Crippen molar-refractivity contribution in [1.29, 1.82) is 0 Å². The van der Waals surface area contributed by atoms with Gasteiger partial charge in [0.2, 0.25) is 0 Å². The number of anilines is 2. The van der Waals surface area contributed by atoms with Gasteiger partial charge >= 0.3 is 0 Å². The van der Waals surface area contributed by atoms with Crippen LogP contribution in [0.1, 0.15) is 40.5 Å². The number of aromatic hydroxyl groups is 1. The second-order valence-electron chi connectivity index (χ2n) is 9.76. The van der Waals surface area contributed by atoms with Crippen LogP contribution in [0.25, 0.3) is 16.9 Å². The van der Waals surface area contributed by atoms with Crippen molar-refractivity contribution < 1.29 is 5.11 Å². The van der Waals surface area contributed by atoms with Gasteiger partial charge in [0.25, 0.3) is 0 Å². The number of phenols is 1. The molecule has 3 heterocycles. The third-order valence-electron chi connectivity index (χ3n) is 5.85. The Morgan fingerprint density at radius 2 is 1.81 bits per heavy atom. The molecule has 1 fully saturated rings. The Bertz CT molecular complexity index is 1060. The number of nitrogens with one attached hydrogen (secondary N) is 1. The fourth-order valence-electron chi connectivity index (χ4n) is 4.74. The summed E-state index contributed by atoms with van der Waals surface area (Å²) in [5.41, 5.74) is 8.36. The summed E-state index contributed by atoms with van der Waals surface area (Å²) in [6, 6.07) is 9.54. The molecule has 0 bridgehead atoms. The number of nitrogens with zero attached hydrogens (tertiary/aromatic N) is 5. The Morgan fingerprint density at radius 1 is 1.10 bits per heavy atom. The molecule has 3 aromatic rings. The molecule has 31 heavy (non-hydrogen) atoms. The predicted octanol–water partition coefficient (Wildman–Crippen LogP) is 3.36. The monoisotopic (exact) mass is 421 g/mol. The summed E-state index contributed by atoms with van der Waals surface area (Å²) < 4.78 is 1.62. The Morgan fingerprint density at radius 3 is 2.35 bits per heavy atom. The zero-order chi connectivity index (χ0) is 22.4. The van der Waals surface area contributed by atoms with Crippen LogP contribution in [0.15, 0.2) is 42.7 Å². The molecule has 0 unspecified atom stereocenters. The van der Waals surface area contributed by atoms with E-state index in [-0.39, 0.29) is 16.8 Å². The number of hydrogen-bond acceptors (Lipinski definition) is 7. The van der Waals surface area contributed by atoms with Crippen molar-refractivity contribution >= 4 is 11.5 Å². The molecule has 1 saturated heterocycles. The van der Waals surface area contributed by atoms with Crippen molar-refractivity contribution in [3.05, 3.63) is 42.7 Å². The van der Waals surface area contributed by atoms with E-state index in [1.165, 1.54) is 0 Å². The summed E-state index contributed by atoms with van der Waals surface area (Å²) in [6.07, 6.45) is 5.31. The Hall–Kier alpha value is -3.13. The number of piperidine rings is 1. The second-order valence-corrected chi connectivity index (χ2v) is 9.76. The Balaban J connectivity index is 1.54. The van der Waals surface area contributed by atoms with Gasteiger partial charge in [-0.05, 0) is 64.8 Å². The summed E-state index contributed by atoms with van der Waals surface area (Å²) in [6.45, 7) is 8.97. The lowest BCUT2D eigenvalue weighted by atomic mass is 9.79. The number of nitrogen functional groups attached to an aromatic ring is 1. The summed E-state index contributed by atoms with van der Waals surface area (Å²) in [4.78, 5) is 2.21. The van der Waals surface area contributed by atoms with Crippen LogP contribution in [-0.4, -0.2) is 49.3 Å². The highest BCUT2D eigenvalue weighted by Crippen LogP contribution is 2.34. The average molecular weight is 422 g/mol. The first-order chi connectivity index (χ1) is 14.5. The molecule has 164 valence electrons. The van der Waals surface area contributed by atoms with Crippen molar-refractivity contribution in [2.75, 3.05) is 17.7 Å². The highest BCUT2D eigenvalue weighted by atomic mass is 16.3. The molecule has 8 heteroatoms. The highest BCUT2D eigenvalue weighted by Gasteiger charge is 2.39. The molecule has 8 nitrogen and oxygen atoms in total. The van der Waals surface area contributed by atoms with Gasteiger partial charge < -0.3 is 21.1 Å². The predicted molar refractivity (Wildman–Crippen MR) is 123 cm³/mol. The van der Waals surface area contributed by atoms with Gasteiger partial charge in [-0.2, -0.15) is 5.10 Å². The molecule has 0 atom stereocenters. The normalized spacial score (nSPS) is 18.1. The molecule has 2 aromatic heterocycles. The maximum Gasteiger partial charge on any atom is 0.151 e. The largest absolute Gasteiger partial charge is 0.507 e. The quantitative estimate of drug-likeness (QED) is 0.593. The molecule has 0 aliphatic carbocycles. The van der Waals surface area contributed by atoms with Crippen LogP contribution in [0.4, 0.5) is 11.5 Å². The molecule has 1 aromatic carbocycles. The van der Waals surface area contributed by atoms with Crippen LogP contribution in [0.5, 0.6) is 5.75 Å². The lowest BCUT2D eigenvalue weighted by Crippen LogP contribution is -2.62. The van der Waals surface area contributed by atoms with E-state index in [1.54, 1.807) is 23.1 Å². The van der Waals surface area contributed by atoms with Crippen LogP contribution in [-0.2, 0) is 0 Å². The van der Waals surface area contributed by atoms with E-state index >= 15 is 0 Å². The van der Waals surface area contributed by atoms with Crippen LogP contribution in [0.3, 0.4) is 0 Å². The van der Waals surface area contributed by atoms with Crippen molar-refractivity contribution in [2.45, 2.75) is 57.7 Å². The van der Waals surface area contributed by atoms with E-state index in [1.807, 2.05) is 24.3 Å². The number of benzene rings is 1. The zero-order valence-electron chi connectivity index (χ0n) is 18.8. The molecule has 0 spiro atoms. The van der Waals surface area contributed by atoms with E-state index < -0.39 is 0 Å². The Kier molecular flexibility index (Phi) is 5.13. The van der Waals surface area contributed by atoms with Gasteiger partial charge in [-0.3, -0.25) is 0 Å². The van der Waals surface area contributed by atoms with E-state index in [0.717, 1.165) is 24.3 Å². The molecule has 0 radical (unpaired) electrons. The molecule has 0 saturated carbocycles. The topological polar surface area (TPSA) is 105 Å². The molecular weight excluding hydrogens is 390 g/mol. The second kappa shape index (κ2) is 7.53. The molecular formula is C23H31N7O. The first-order valence-corrected chi connectivity index (χ1v) is 10.5. The minimum absolute atomic E-state index is 0.0564. The van der Waals surface area contributed by atoms with Crippen molar-refractivity contribution in [3.63, 3.8) is 0 Å². The standard InChI is InChI=1S/C23H31N7O/c1-22(2)11-17(12-23(3,4)28-22)29(5)21-9-8-19(26-27-21)18-7-6-16(10-20(18)31)30-14-15(24)13-25-30/h6-10,13-14,17,28,31H,11-12,24H2,1-5H3. The summed E-state index contributed by atoms with van der Waals surface area (Å²) in [5, 5.41) is 27.3. The van der Waals surface area contributed by atoms with E-state index in [2.05, 4.69) is 60.3 Å². The fraction of sp³-hybridized carbons (Fsp3) is 0.435. The van der Waals surface area contributed by atoms with Crippen molar-refractivity contribution in [1.82, 2.24) is 25.3 Å². The van der Waals surface area contributed by atoms with Crippen LogP contribution in [0.2, 0.25) is 0 Å². The van der Waals surface area contributed by atoms with E-state index in [4.69, 9.17) is 5.73 Å². The van der Waals surface area contributed by atoms with Crippen LogP contribution >= 0.6 is 0 Å². The average Bonchev–Trinajstić information content (AvgIpc) is 3.11. The van der Waals surface area contributed by atoms with Gasteiger partial charge in [-0.15, -0.1) is 10.2 Å². The number of rotatable bonds is 4. The van der Waals surface area contributed by atoms with Crippen molar-refractivity contribution in [3.8, 4) is 22.7 Å². The van der Waals surface area contributed by atoms with E-state index in [0.29, 0.717) is 23.0 Å². The number of phenolic OH excluding ortho intramolecular Hbond substituents is 1. The van der Waals surface area contributed by atoms with Gasteiger partial charge in [0.15, 0.2) is 5.82 Å². The summed E-state index contributed by atoms with van der Waals surface area (Å²) in [7, 11) is 2.08. The molecule has 1 aliphatic rings. The van der Waals surface area contributed by atoms with Gasteiger partial charge in [-0.25, -0.2) is 4.68 Å². The minimum atomic E-state index is 0.0564. The molecule has 4 N–H and O–H groups in total. The van der Waals surface area contributed by atoms with Gasteiger partial charge in [0.05, 0.1) is 29.5 Å². The van der Waals surface area contributed by atoms with Gasteiger partial charge in [-0.1, -0.05) is 0 Å². The van der Waals surface area contributed by atoms with Crippen LogP contribution in [0, 0.1) is 0 Å². The third-order valence-corrected chi connectivity index (χ3v) is 5.85. The third kappa shape index (κ3) is 4.49. The zero-order valence-corrected chi connectivity index (χ0v) is 18.8. The number of nitrogens with two attached hydrogens (primary N) is 1. The lowest BCUT2D eigenvalue weighted by Gasteiger charge is -2.49. The Labute approximate surface area is 183 Å². The first-order valence-electron chi connectivity index (χ1n) is 10.5. The maximum atomic E-state index is 10.6. The minimum Gasteiger partial charge on any atom is -0.507 e. The van der Waals surface area contributed by atoms with Gasteiger partial charge in [0, 0.05) is 35.8 Å².